The maximum Gasteiger partial charge on any atom is 0.246 e. The van der Waals surface area contributed by atoms with E-state index in [4.69, 9.17) is 9.47 Å². The second-order valence-corrected chi connectivity index (χ2v) is 7.19. The highest BCUT2D eigenvalue weighted by molar-refractivity contribution is 5.98. The van der Waals surface area contributed by atoms with Crippen LogP contribution in [0.3, 0.4) is 0 Å². The van der Waals surface area contributed by atoms with Crippen LogP contribution < -0.4 is 25.0 Å². The fourth-order valence-corrected chi connectivity index (χ4v) is 3.46. The Kier molecular flexibility index (Phi) is 7.54. The topological polar surface area (TPSA) is 75.2 Å². The molecule has 0 radical (unpaired) electrons. The lowest BCUT2D eigenvalue weighted by Gasteiger charge is -2.29. The van der Waals surface area contributed by atoms with Gasteiger partial charge in [-0.05, 0) is 43.5 Å². The highest BCUT2D eigenvalue weighted by Crippen LogP contribution is 2.26. The molecular weight excluding hydrogens is 380 g/mol. The van der Waals surface area contributed by atoms with Gasteiger partial charge in [0.05, 0.1) is 20.2 Å². The second kappa shape index (κ2) is 10.5. The predicted molar refractivity (Wildman–Crippen MR) is 120 cm³/mol. The van der Waals surface area contributed by atoms with E-state index < -0.39 is 0 Å². The molecule has 0 spiro atoms. The maximum absolute atomic E-state index is 12.8. The molecule has 2 aromatic carbocycles. The zero-order valence-corrected chi connectivity index (χ0v) is 17.9. The fraction of sp³-hybridized carbons (Fsp3) is 0.391. The summed E-state index contributed by atoms with van der Waals surface area (Å²) in [7, 11) is 3.31. The molecule has 1 aliphatic rings. The van der Waals surface area contributed by atoms with Crippen LogP contribution >= 0.6 is 0 Å². The van der Waals surface area contributed by atoms with Gasteiger partial charge in [-0.15, -0.1) is 0 Å². The molecule has 0 aromatic heterocycles. The Balaban J connectivity index is 1.47. The minimum atomic E-state index is -0.0969. The van der Waals surface area contributed by atoms with Crippen LogP contribution in [0.4, 0.5) is 5.69 Å². The van der Waals surface area contributed by atoms with E-state index in [2.05, 4.69) is 21.7 Å². The molecule has 1 heterocycles. The number of nitrogens with zero attached hydrogens (tertiary/aromatic N) is 2. The number of hydrogen-bond donors (Lipinski definition) is 2. The Morgan fingerprint density at radius 3 is 2.77 bits per heavy atom. The number of fused-ring (bicyclic) bond motifs is 1. The van der Waals surface area contributed by atoms with Crippen LogP contribution in [0.5, 0.6) is 11.5 Å². The molecule has 1 amide bonds. The molecule has 7 heteroatoms. The lowest BCUT2D eigenvalue weighted by atomic mass is 10.0. The number of carbonyl (C=O) groups is 1. The normalized spacial score (nSPS) is 14.5. The summed E-state index contributed by atoms with van der Waals surface area (Å²) >= 11 is 0. The average molecular weight is 411 g/mol. The van der Waals surface area contributed by atoms with Gasteiger partial charge in [-0.1, -0.05) is 24.3 Å². The number of amides is 1. The van der Waals surface area contributed by atoms with Gasteiger partial charge < -0.3 is 25.0 Å². The molecule has 0 aliphatic carbocycles. The molecule has 0 saturated carbocycles. The summed E-state index contributed by atoms with van der Waals surface area (Å²) in [5.74, 6) is 2.09. The minimum Gasteiger partial charge on any atom is -0.497 e. The van der Waals surface area contributed by atoms with Gasteiger partial charge in [-0.2, -0.15) is 0 Å². The van der Waals surface area contributed by atoms with E-state index in [1.807, 2.05) is 54.3 Å². The first-order valence-corrected chi connectivity index (χ1v) is 10.2. The molecule has 3 rings (SSSR count). The second-order valence-electron chi connectivity index (χ2n) is 7.19. The molecule has 0 saturated heterocycles. The summed E-state index contributed by atoms with van der Waals surface area (Å²) in [6.45, 7) is 3.43. The van der Waals surface area contributed by atoms with E-state index >= 15 is 0 Å². The van der Waals surface area contributed by atoms with Gasteiger partial charge in [0, 0.05) is 25.3 Å². The number of carbonyl (C=O) groups excluding carboxylic acids is 1. The summed E-state index contributed by atoms with van der Waals surface area (Å²) in [6.07, 6.45) is 1.90. The average Bonchev–Trinajstić information content (AvgIpc) is 2.78. The number of benzene rings is 2. The van der Waals surface area contributed by atoms with Gasteiger partial charge in [-0.25, -0.2) is 0 Å². The number of anilines is 1. The monoisotopic (exact) mass is 410 g/mol. The van der Waals surface area contributed by atoms with Crippen molar-refractivity contribution < 1.29 is 14.3 Å². The molecule has 160 valence electrons. The lowest BCUT2D eigenvalue weighted by molar-refractivity contribution is -0.117. The highest BCUT2D eigenvalue weighted by atomic mass is 16.5. The van der Waals surface area contributed by atoms with Gasteiger partial charge in [0.25, 0.3) is 0 Å². The Morgan fingerprint density at radius 2 is 1.97 bits per heavy atom. The van der Waals surface area contributed by atoms with Crippen LogP contribution in [0.2, 0.25) is 0 Å². The number of aryl methyl sites for hydroxylation is 1. The van der Waals surface area contributed by atoms with Gasteiger partial charge in [0.1, 0.15) is 17.6 Å². The van der Waals surface area contributed by atoms with Gasteiger partial charge >= 0.3 is 0 Å². The predicted octanol–water partition coefficient (Wildman–Crippen LogP) is 2.61. The molecule has 1 unspecified atom stereocenters. The van der Waals surface area contributed by atoms with Crippen molar-refractivity contribution in [1.29, 1.82) is 0 Å². The highest BCUT2D eigenvalue weighted by Gasteiger charge is 2.22. The third-order valence-corrected chi connectivity index (χ3v) is 4.98. The number of ether oxygens (including phenoxy) is 2. The number of para-hydroxylation sites is 1. The van der Waals surface area contributed by atoms with E-state index in [1.54, 1.807) is 14.2 Å². The van der Waals surface area contributed by atoms with Crippen LogP contribution in [-0.4, -0.2) is 51.8 Å². The minimum absolute atomic E-state index is 0.0331. The van der Waals surface area contributed by atoms with Crippen LogP contribution in [-0.2, 0) is 11.2 Å². The smallest absolute Gasteiger partial charge is 0.246 e. The first-order valence-electron chi connectivity index (χ1n) is 10.2. The number of rotatable bonds is 7. The molecule has 30 heavy (non-hydrogen) atoms. The van der Waals surface area contributed by atoms with Crippen LogP contribution in [0.1, 0.15) is 18.9 Å². The van der Waals surface area contributed by atoms with Crippen LogP contribution in [0.25, 0.3) is 0 Å². The molecule has 7 nitrogen and oxygen atoms in total. The van der Waals surface area contributed by atoms with Gasteiger partial charge in [0.2, 0.25) is 5.91 Å². The lowest BCUT2D eigenvalue weighted by Crippen LogP contribution is -2.47. The molecule has 2 aromatic rings. The largest absolute Gasteiger partial charge is 0.497 e. The standard InChI is InChI=1S/C23H30N4O3/c1-17(30-20-11-6-10-19(14-20)29-3)15-25-23(24-2)26-16-22(28)27-13-7-9-18-8-4-5-12-21(18)27/h4-6,8,10-12,14,17H,7,9,13,15-16H2,1-3H3,(H2,24,25,26). The Labute approximate surface area is 178 Å². The van der Waals surface area contributed by atoms with Gasteiger partial charge in [0.15, 0.2) is 5.96 Å². The van der Waals surface area contributed by atoms with Crippen molar-refractivity contribution in [1.82, 2.24) is 10.6 Å². The van der Waals surface area contributed by atoms with Crippen molar-refractivity contribution in [3.63, 3.8) is 0 Å². The molecule has 1 atom stereocenters. The number of guanidine groups is 1. The van der Waals surface area contributed by atoms with E-state index in [0.717, 1.165) is 36.6 Å². The Morgan fingerprint density at radius 1 is 1.17 bits per heavy atom. The van der Waals surface area contributed by atoms with E-state index in [1.165, 1.54) is 5.56 Å². The SMILES string of the molecule is CN=C(NCC(=O)N1CCCc2ccccc21)NCC(C)Oc1cccc(OC)c1. The van der Waals surface area contributed by atoms with Crippen molar-refractivity contribution in [3.8, 4) is 11.5 Å². The number of hydrogen-bond acceptors (Lipinski definition) is 4. The van der Waals surface area contributed by atoms with Crippen molar-refractivity contribution >= 4 is 17.6 Å². The molecule has 0 bridgehead atoms. The summed E-state index contributed by atoms with van der Waals surface area (Å²) in [5, 5.41) is 6.31. The number of nitrogens with one attached hydrogen (secondary N) is 2. The summed E-state index contributed by atoms with van der Waals surface area (Å²) in [4.78, 5) is 18.8. The third kappa shape index (κ3) is 5.65. The quantitative estimate of drug-likeness (QED) is 0.542. The summed E-state index contributed by atoms with van der Waals surface area (Å²) in [5.41, 5.74) is 2.24. The molecule has 2 N–H and O–H groups in total. The molecule has 0 fully saturated rings. The Hall–Kier alpha value is -3.22. The van der Waals surface area contributed by atoms with Crippen molar-refractivity contribution in [3.05, 3.63) is 54.1 Å². The van der Waals surface area contributed by atoms with Crippen molar-refractivity contribution in [2.24, 2.45) is 4.99 Å². The molecule has 1 aliphatic heterocycles. The fourth-order valence-electron chi connectivity index (χ4n) is 3.46. The van der Waals surface area contributed by atoms with Crippen LogP contribution in [0.15, 0.2) is 53.5 Å². The first-order chi connectivity index (χ1) is 14.6. The molecular formula is C23H30N4O3. The zero-order valence-electron chi connectivity index (χ0n) is 17.9. The number of methoxy groups -OCH3 is 1. The van der Waals surface area contributed by atoms with E-state index in [9.17, 15) is 4.79 Å². The summed E-state index contributed by atoms with van der Waals surface area (Å²) in [6, 6.07) is 15.6. The van der Waals surface area contributed by atoms with Crippen molar-refractivity contribution in [2.45, 2.75) is 25.9 Å². The maximum atomic E-state index is 12.8. The van der Waals surface area contributed by atoms with Gasteiger partial charge in [-0.3, -0.25) is 9.79 Å². The van der Waals surface area contributed by atoms with E-state index in [-0.39, 0.29) is 18.6 Å². The summed E-state index contributed by atoms with van der Waals surface area (Å²) < 4.78 is 11.1. The van der Waals surface area contributed by atoms with Crippen molar-refractivity contribution in [2.75, 3.05) is 38.7 Å². The zero-order chi connectivity index (χ0) is 21.3. The van der Waals surface area contributed by atoms with E-state index in [0.29, 0.717) is 12.5 Å². The third-order valence-electron chi connectivity index (χ3n) is 4.98. The number of aliphatic imine (C=N–C) groups is 1. The Bertz CT molecular complexity index is 884. The van der Waals surface area contributed by atoms with Crippen LogP contribution in [0, 0.1) is 0 Å². The first kappa shape index (κ1) is 21.5.